The van der Waals surface area contributed by atoms with Crippen LogP contribution in [0.4, 0.5) is 9.52 Å². The molecule has 3 aromatic rings. The van der Waals surface area contributed by atoms with Crippen LogP contribution in [0.2, 0.25) is 0 Å². The largest absolute Gasteiger partial charge is 0.375 e. The fourth-order valence-electron chi connectivity index (χ4n) is 2.78. The molecule has 0 saturated carbocycles. The van der Waals surface area contributed by atoms with E-state index in [9.17, 15) is 9.18 Å². The molecule has 5 nitrogen and oxygen atoms in total. The number of nitrogens with two attached hydrogens (primary N) is 1. The van der Waals surface area contributed by atoms with Gasteiger partial charge in [-0.15, -0.1) is 11.3 Å². The average Bonchev–Trinajstić information content (AvgIpc) is 3.07. The predicted molar refractivity (Wildman–Crippen MR) is 83.2 cm³/mol. The lowest BCUT2D eigenvalue weighted by molar-refractivity contribution is 0.0731. The number of nitrogens with zero attached hydrogens (tertiary/aromatic N) is 2. The Balaban J connectivity index is 1.63. The van der Waals surface area contributed by atoms with E-state index in [1.165, 1.54) is 23.5 Å². The number of anilines is 1. The van der Waals surface area contributed by atoms with Crippen LogP contribution >= 0.6 is 11.3 Å². The van der Waals surface area contributed by atoms with Gasteiger partial charge in [0.2, 0.25) is 0 Å². The third-order valence-electron chi connectivity index (χ3n) is 3.85. The molecule has 112 valence electrons. The summed E-state index contributed by atoms with van der Waals surface area (Å²) < 4.78 is 13.2. The molecule has 2 aromatic heterocycles. The number of fused-ring (bicyclic) bond motifs is 2. The zero-order valence-electron chi connectivity index (χ0n) is 11.6. The van der Waals surface area contributed by atoms with E-state index in [1.54, 1.807) is 17.0 Å². The first-order valence-corrected chi connectivity index (χ1v) is 7.73. The van der Waals surface area contributed by atoms with Gasteiger partial charge in [0.05, 0.1) is 12.2 Å². The van der Waals surface area contributed by atoms with Crippen molar-refractivity contribution in [3.05, 3.63) is 46.3 Å². The first-order valence-electron chi connectivity index (χ1n) is 6.92. The van der Waals surface area contributed by atoms with Crippen molar-refractivity contribution < 1.29 is 9.18 Å². The molecule has 0 radical (unpaired) electrons. The minimum atomic E-state index is -0.312. The maximum Gasteiger partial charge on any atom is 0.270 e. The normalized spacial score (nSPS) is 14.3. The zero-order valence-corrected chi connectivity index (χ0v) is 12.4. The van der Waals surface area contributed by atoms with Crippen LogP contribution in [0.1, 0.15) is 21.1 Å². The summed E-state index contributed by atoms with van der Waals surface area (Å²) in [6, 6.07) is 6.12. The second kappa shape index (κ2) is 4.81. The molecule has 0 bridgehead atoms. The van der Waals surface area contributed by atoms with Gasteiger partial charge in [-0.25, -0.2) is 9.37 Å². The van der Waals surface area contributed by atoms with Gasteiger partial charge in [-0.2, -0.15) is 0 Å². The Hall–Kier alpha value is -2.41. The number of aromatic amines is 1. The van der Waals surface area contributed by atoms with Gasteiger partial charge in [-0.3, -0.25) is 4.79 Å². The molecular formula is C15H13FN4OS. The van der Waals surface area contributed by atoms with Gasteiger partial charge in [-0.05, 0) is 24.3 Å². The van der Waals surface area contributed by atoms with Crippen LogP contribution in [0.15, 0.2) is 24.3 Å². The summed E-state index contributed by atoms with van der Waals surface area (Å²) in [5.41, 5.74) is 7.94. The van der Waals surface area contributed by atoms with E-state index < -0.39 is 0 Å². The molecule has 3 N–H and O–H groups in total. The molecule has 0 saturated heterocycles. The van der Waals surface area contributed by atoms with Crippen LogP contribution < -0.4 is 5.73 Å². The number of hydrogen-bond donors (Lipinski definition) is 2. The molecule has 0 atom stereocenters. The molecule has 1 aromatic carbocycles. The summed E-state index contributed by atoms with van der Waals surface area (Å²) in [6.45, 7) is 1.13. The molecule has 1 aliphatic rings. The molecule has 7 heteroatoms. The highest BCUT2D eigenvalue weighted by Gasteiger charge is 2.25. The third-order valence-corrected chi connectivity index (χ3v) is 4.76. The lowest BCUT2D eigenvalue weighted by Gasteiger charge is -2.25. The van der Waals surface area contributed by atoms with Crippen molar-refractivity contribution in [1.82, 2.24) is 14.9 Å². The summed E-state index contributed by atoms with van der Waals surface area (Å²) in [4.78, 5) is 22.8. The Bertz CT molecular complexity index is 885. The van der Waals surface area contributed by atoms with Gasteiger partial charge < -0.3 is 15.6 Å². The Morgan fingerprint density at radius 1 is 1.41 bits per heavy atom. The third kappa shape index (κ3) is 2.14. The van der Waals surface area contributed by atoms with E-state index in [0.29, 0.717) is 35.7 Å². The first-order chi connectivity index (χ1) is 10.6. The molecule has 1 amide bonds. The summed E-state index contributed by atoms with van der Waals surface area (Å²) >= 11 is 1.43. The van der Waals surface area contributed by atoms with Gasteiger partial charge >= 0.3 is 0 Å². The predicted octanol–water partition coefficient (Wildman–Crippen LogP) is 2.54. The minimum absolute atomic E-state index is 0.0887. The van der Waals surface area contributed by atoms with Gasteiger partial charge in [0.25, 0.3) is 5.91 Å². The highest BCUT2D eigenvalue weighted by atomic mass is 32.1. The number of nitrogen functional groups attached to an aromatic ring is 1. The van der Waals surface area contributed by atoms with Gasteiger partial charge in [-0.1, -0.05) is 0 Å². The molecule has 0 unspecified atom stereocenters. The first kappa shape index (κ1) is 13.3. The summed E-state index contributed by atoms with van der Waals surface area (Å²) in [7, 11) is 0. The fraction of sp³-hybridized carbons (Fsp3) is 0.200. The quantitative estimate of drug-likeness (QED) is 0.724. The highest BCUT2D eigenvalue weighted by Crippen LogP contribution is 2.27. The van der Waals surface area contributed by atoms with E-state index in [1.807, 2.05) is 0 Å². The van der Waals surface area contributed by atoms with Crippen LogP contribution in [0.5, 0.6) is 0 Å². The van der Waals surface area contributed by atoms with Crippen LogP contribution in [0, 0.1) is 5.82 Å². The molecule has 3 heterocycles. The average molecular weight is 316 g/mol. The number of benzene rings is 1. The maximum absolute atomic E-state index is 13.2. The Kier molecular flexibility index (Phi) is 2.90. The minimum Gasteiger partial charge on any atom is -0.375 e. The molecule has 1 aliphatic heterocycles. The Morgan fingerprint density at radius 2 is 2.27 bits per heavy atom. The lowest BCUT2D eigenvalue weighted by Crippen LogP contribution is -2.35. The van der Waals surface area contributed by atoms with Crippen molar-refractivity contribution in [2.45, 2.75) is 13.0 Å². The molecule has 0 fully saturated rings. The number of carbonyl (C=O) groups is 1. The lowest BCUT2D eigenvalue weighted by atomic mass is 10.1. The monoisotopic (exact) mass is 316 g/mol. The number of aromatic nitrogens is 2. The molecule has 0 aliphatic carbocycles. The number of nitrogens with one attached hydrogen (secondary N) is 1. The summed E-state index contributed by atoms with van der Waals surface area (Å²) in [6.07, 6.45) is 0.712. The van der Waals surface area contributed by atoms with E-state index in [-0.39, 0.29) is 11.7 Å². The Labute approximate surface area is 129 Å². The van der Waals surface area contributed by atoms with Crippen LogP contribution in [-0.2, 0) is 13.0 Å². The number of carbonyl (C=O) groups excluding carboxylic acids is 1. The highest BCUT2D eigenvalue weighted by molar-refractivity contribution is 7.15. The van der Waals surface area contributed by atoms with Crippen LogP contribution in [0.3, 0.4) is 0 Å². The zero-order chi connectivity index (χ0) is 15.3. The summed E-state index contributed by atoms with van der Waals surface area (Å²) in [5, 5.41) is 1.24. The van der Waals surface area contributed by atoms with Gasteiger partial charge in [0.1, 0.15) is 11.5 Å². The maximum atomic E-state index is 13.2. The topological polar surface area (TPSA) is 75.0 Å². The number of H-pyrrole nitrogens is 1. The van der Waals surface area contributed by atoms with Crippen molar-refractivity contribution in [2.24, 2.45) is 0 Å². The van der Waals surface area contributed by atoms with E-state index >= 15 is 0 Å². The fourth-order valence-corrected chi connectivity index (χ4v) is 3.67. The van der Waals surface area contributed by atoms with E-state index in [2.05, 4.69) is 9.97 Å². The smallest absolute Gasteiger partial charge is 0.270 e. The SMILES string of the molecule is Nc1nc2c(s1)CN(C(=O)c1cc3cc(F)ccc3[nH]1)CC2. The number of hydrogen-bond acceptors (Lipinski definition) is 4. The molecule has 0 spiro atoms. The number of rotatable bonds is 1. The van der Waals surface area contributed by atoms with Gasteiger partial charge in [0, 0.05) is 28.7 Å². The molecule has 22 heavy (non-hydrogen) atoms. The van der Waals surface area contributed by atoms with Crippen molar-refractivity contribution >= 4 is 33.3 Å². The van der Waals surface area contributed by atoms with Crippen LogP contribution in [-0.4, -0.2) is 27.3 Å². The van der Waals surface area contributed by atoms with Crippen molar-refractivity contribution in [2.75, 3.05) is 12.3 Å². The molecule has 4 rings (SSSR count). The second-order valence-electron chi connectivity index (χ2n) is 5.31. The van der Waals surface area contributed by atoms with Crippen molar-refractivity contribution in [1.29, 1.82) is 0 Å². The van der Waals surface area contributed by atoms with E-state index in [0.717, 1.165) is 16.1 Å². The standard InChI is InChI=1S/C15H13FN4OS/c16-9-1-2-10-8(5-9)6-12(18-10)14(21)20-4-3-11-13(7-20)22-15(17)19-11/h1-2,5-6,18H,3-4,7H2,(H2,17,19). The number of amides is 1. The van der Waals surface area contributed by atoms with Crippen LogP contribution in [0.25, 0.3) is 10.9 Å². The Morgan fingerprint density at radius 3 is 3.14 bits per heavy atom. The second-order valence-corrected chi connectivity index (χ2v) is 6.43. The summed E-state index contributed by atoms with van der Waals surface area (Å²) in [5.74, 6) is -0.400. The van der Waals surface area contributed by atoms with Crippen molar-refractivity contribution in [3.8, 4) is 0 Å². The van der Waals surface area contributed by atoms with E-state index in [4.69, 9.17) is 5.73 Å². The number of halogens is 1. The van der Waals surface area contributed by atoms with Gasteiger partial charge in [0.15, 0.2) is 5.13 Å². The van der Waals surface area contributed by atoms with Crippen molar-refractivity contribution in [3.63, 3.8) is 0 Å². The number of thiazole rings is 1. The molecular weight excluding hydrogens is 303 g/mol.